The molecule has 0 heterocycles. The fourth-order valence-corrected chi connectivity index (χ4v) is 1.58. The summed E-state index contributed by atoms with van der Waals surface area (Å²) in [6.07, 6.45) is -0.286. The first-order valence-electron chi connectivity index (χ1n) is 6.23. The number of carboxylic acids is 1. The third-order valence-electron chi connectivity index (χ3n) is 2.78. The van der Waals surface area contributed by atoms with Crippen molar-refractivity contribution < 1.29 is 28.6 Å². The number of carboxylic acid groups (broad SMARTS) is 1. The number of methoxy groups -OCH3 is 1. The number of amides is 1. The first kappa shape index (κ1) is 16.6. The van der Waals surface area contributed by atoms with Crippen LogP contribution in [0.4, 0.5) is 4.39 Å². The Balaban J connectivity index is 2.48. The molecule has 1 aromatic rings. The fraction of sp³-hybridized carbons (Fsp3) is 0.357. The molecular weight excluding hydrogens is 281 g/mol. The van der Waals surface area contributed by atoms with Gasteiger partial charge in [-0.1, -0.05) is 0 Å². The molecule has 1 atom stereocenters. The lowest BCUT2D eigenvalue weighted by molar-refractivity contribution is -0.142. The van der Waals surface area contributed by atoms with E-state index < -0.39 is 24.6 Å². The number of hydrogen-bond acceptors (Lipinski definition) is 4. The van der Waals surface area contributed by atoms with Crippen molar-refractivity contribution in [3.05, 3.63) is 29.8 Å². The monoisotopic (exact) mass is 297 g/mol. The summed E-state index contributed by atoms with van der Waals surface area (Å²) in [7, 11) is 1.50. The zero-order valence-corrected chi connectivity index (χ0v) is 11.5. The molecule has 7 heteroatoms. The lowest BCUT2D eigenvalue weighted by atomic mass is 10.1. The van der Waals surface area contributed by atoms with E-state index in [1.165, 1.54) is 7.11 Å². The molecule has 21 heavy (non-hydrogen) atoms. The Bertz CT molecular complexity index is 515. The van der Waals surface area contributed by atoms with Crippen molar-refractivity contribution in [3.63, 3.8) is 0 Å². The summed E-state index contributed by atoms with van der Waals surface area (Å²) in [5, 5.41) is 10.6. The van der Waals surface area contributed by atoms with E-state index in [0.29, 0.717) is 11.3 Å². The number of hydrogen-bond donors (Lipinski definition) is 2. The van der Waals surface area contributed by atoms with Crippen LogP contribution in [0.25, 0.3) is 0 Å². The topological polar surface area (TPSA) is 92.7 Å². The summed E-state index contributed by atoms with van der Waals surface area (Å²) >= 11 is 0. The minimum Gasteiger partial charge on any atom is -0.497 e. The van der Waals surface area contributed by atoms with Crippen molar-refractivity contribution in [1.29, 1.82) is 0 Å². The summed E-state index contributed by atoms with van der Waals surface area (Å²) in [5.74, 6) is -1.79. The van der Waals surface area contributed by atoms with Gasteiger partial charge in [-0.3, -0.25) is 9.59 Å². The van der Waals surface area contributed by atoms with Gasteiger partial charge < -0.3 is 15.2 Å². The normalized spacial score (nSPS) is 11.5. The number of alkyl halides is 1. The number of benzene rings is 1. The number of nitrogens with one attached hydrogen (secondary N) is 1. The van der Waals surface area contributed by atoms with E-state index in [1.54, 1.807) is 24.3 Å². The van der Waals surface area contributed by atoms with Crippen LogP contribution in [0.1, 0.15) is 23.2 Å². The van der Waals surface area contributed by atoms with E-state index in [1.807, 2.05) is 5.32 Å². The van der Waals surface area contributed by atoms with Crippen LogP contribution in [0.15, 0.2) is 24.3 Å². The molecule has 0 fully saturated rings. The van der Waals surface area contributed by atoms with E-state index in [4.69, 9.17) is 9.84 Å². The summed E-state index contributed by atoms with van der Waals surface area (Å²) < 4.78 is 17.3. The van der Waals surface area contributed by atoms with Crippen molar-refractivity contribution in [2.75, 3.05) is 13.8 Å². The molecule has 1 unspecified atom stereocenters. The summed E-state index contributed by atoms with van der Waals surface area (Å²) in [5.41, 5.74) is 0.420. The van der Waals surface area contributed by atoms with Crippen LogP contribution in [0.5, 0.6) is 5.75 Å². The molecule has 6 nitrogen and oxygen atoms in total. The van der Waals surface area contributed by atoms with Gasteiger partial charge in [0.1, 0.15) is 12.4 Å². The van der Waals surface area contributed by atoms with Gasteiger partial charge in [0.2, 0.25) is 5.91 Å². The highest BCUT2D eigenvalue weighted by atomic mass is 19.1. The quantitative estimate of drug-likeness (QED) is 0.703. The Morgan fingerprint density at radius 2 is 1.86 bits per heavy atom. The molecule has 0 aliphatic rings. The first-order chi connectivity index (χ1) is 9.97. The van der Waals surface area contributed by atoms with E-state index in [-0.39, 0.29) is 18.6 Å². The Kier molecular flexibility index (Phi) is 6.32. The van der Waals surface area contributed by atoms with Crippen LogP contribution in [-0.2, 0) is 9.59 Å². The molecule has 0 spiro atoms. The highest BCUT2D eigenvalue weighted by Crippen LogP contribution is 2.13. The van der Waals surface area contributed by atoms with Crippen LogP contribution in [0.2, 0.25) is 0 Å². The van der Waals surface area contributed by atoms with Crippen LogP contribution >= 0.6 is 0 Å². The minimum absolute atomic E-state index is 0.0865. The molecule has 1 amide bonds. The highest BCUT2D eigenvalue weighted by Gasteiger charge is 2.20. The Morgan fingerprint density at radius 3 is 2.33 bits per heavy atom. The van der Waals surface area contributed by atoms with Crippen molar-refractivity contribution in [2.45, 2.75) is 18.9 Å². The molecule has 0 radical (unpaired) electrons. The van der Waals surface area contributed by atoms with Crippen molar-refractivity contribution >= 4 is 17.7 Å². The highest BCUT2D eigenvalue weighted by molar-refractivity contribution is 5.98. The van der Waals surface area contributed by atoms with E-state index in [0.717, 1.165) is 0 Å². The molecule has 0 aliphatic carbocycles. The SMILES string of the molecule is COc1ccc(C(=O)CCC(=O)NC(CF)C(=O)O)cc1. The molecule has 0 aromatic heterocycles. The maximum atomic E-state index is 12.3. The number of ether oxygens (including phenoxy) is 1. The molecule has 0 aliphatic heterocycles. The Labute approximate surface area is 120 Å². The maximum Gasteiger partial charge on any atom is 0.328 e. The zero-order chi connectivity index (χ0) is 15.8. The molecule has 0 bridgehead atoms. The van der Waals surface area contributed by atoms with Gasteiger partial charge in [0, 0.05) is 18.4 Å². The van der Waals surface area contributed by atoms with Gasteiger partial charge in [-0.25, -0.2) is 9.18 Å². The van der Waals surface area contributed by atoms with Gasteiger partial charge in [-0.2, -0.15) is 0 Å². The third-order valence-corrected chi connectivity index (χ3v) is 2.78. The molecule has 1 aromatic carbocycles. The van der Waals surface area contributed by atoms with Gasteiger partial charge in [0.05, 0.1) is 7.11 Å². The Morgan fingerprint density at radius 1 is 1.24 bits per heavy atom. The van der Waals surface area contributed by atoms with Gasteiger partial charge >= 0.3 is 5.97 Å². The van der Waals surface area contributed by atoms with Crippen LogP contribution in [0.3, 0.4) is 0 Å². The molecule has 2 N–H and O–H groups in total. The molecular formula is C14H16FNO5. The number of ketones is 1. The molecule has 0 saturated heterocycles. The average molecular weight is 297 g/mol. The van der Waals surface area contributed by atoms with Crippen LogP contribution in [0, 0.1) is 0 Å². The van der Waals surface area contributed by atoms with Gasteiger partial charge in [-0.05, 0) is 24.3 Å². The largest absolute Gasteiger partial charge is 0.497 e. The molecule has 0 saturated carbocycles. The first-order valence-corrected chi connectivity index (χ1v) is 6.23. The summed E-state index contributed by atoms with van der Waals surface area (Å²) in [6.45, 7) is -1.20. The number of Topliss-reactive ketones (excluding diaryl/α,β-unsaturated/α-hetero) is 1. The maximum absolute atomic E-state index is 12.3. The van der Waals surface area contributed by atoms with E-state index in [9.17, 15) is 18.8 Å². The lowest BCUT2D eigenvalue weighted by Gasteiger charge is -2.10. The number of carbonyl (C=O) groups is 3. The second-order valence-electron chi connectivity index (χ2n) is 4.26. The van der Waals surface area contributed by atoms with Crippen LogP contribution < -0.4 is 10.1 Å². The van der Waals surface area contributed by atoms with Crippen LogP contribution in [-0.4, -0.2) is 42.6 Å². The lowest BCUT2D eigenvalue weighted by Crippen LogP contribution is -2.42. The molecule has 1 rings (SSSR count). The molecule has 114 valence electrons. The zero-order valence-electron chi connectivity index (χ0n) is 11.5. The minimum atomic E-state index is -1.58. The number of halogens is 1. The van der Waals surface area contributed by atoms with Crippen molar-refractivity contribution in [3.8, 4) is 5.75 Å². The van der Waals surface area contributed by atoms with Gasteiger partial charge in [0.25, 0.3) is 0 Å². The third kappa shape index (κ3) is 5.21. The second-order valence-corrected chi connectivity index (χ2v) is 4.26. The van der Waals surface area contributed by atoms with Crippen molar-refractivity contribution in [2.24, 2.45) is 0 Å². The fourth-order valence-electron chi connectivity index (χ4n) is 1.58. The predicted molar refractivity (Wildman–Crippen MR) is 72.1 cm³/mol. The Hall–Kier alpha value is -2.44. The van der Waals surface area contributed by atoms with E-state index in [2.05, 4.69) is 0 Å². The summed E-state index contributed by atoms with van der Waals surface area (Å²) in [4.78, 5) is 33.8. The van der Waals surface area contributed by atoms with Crippen molar-refractivity contribution in [1.82, 2.24) is 5.32 Å². The predicted octanol–water partition coefficient (Wildman–Crippen LogP) is 1.20. The standard InChI is InChI=1S/C14H16FNO5/c1-21-10-4-2-9(3-5-10)12(17)6-7-13(18)16-11(8-15)14(19)20/h2-5,11H,6-8H2,1H3,(H,16,18)(H,19,20). The second kappa shape index (κ2) is 7.98. The van der Waals surface area contributed by atoms with Gasteiger partial charge in [-0.15, -0.1) is 0 Å². The number of rotatable bonds is 8. The summed E-state index contributed by atoms with van der Waals surface area (Å²) in [6, 6.07) is 4.81. The average Bonchev–Trinajstić information content (AvgIpc) is 2.49. The number of aliphatic carboxylic acids is 1. The van der Waals surface area contributed by atoms with Gasteiger partial charge in [0.15, 0.2) is 11.8 Å². The smallest absolute Gasteiger partial charge is 0.328 e. The van der Waals surface area contributed by atoms with E-state index >= 15 is 0 Å². The number of carbonyl (C=O) groups excluding carboxylic acids is 2.